The number of anilines is 1. The van der Waals surface area contributed by atoms with Gasteiger partial charge in [0.25, 0.3) is 10.0 Å². The molecule has 0 atom stereocenters. The first-order valence-electron chi connectivity index (χ1n) is 9.75. The van der Waals surface area contributed by atoms with E-state index in [2.05, 4.69) is 31.0 Å². The minimum absolute atomic E-state index is 0.0810. The van der Waals surface area contributed by atoms with Crippen LogP contribution in [0.3, 0.4) is 0 Å². The van der Waals surface area contributed by atoms with E-state index in [-0.39, 0.29) is 10.8 Å². The number of halogens is 1. The number of hydrogen-bond donors (Lipinski definition) is 2. The molecular weight excluding hydrogens is 466 g/mol. The van der Waals surface area contributed by atoms with Gasteiger partial charge < -0.3 is 5.32 Å². The first-order chi connectivity index (χ1) is 14.3. The third kappa shape index (κ3) is 6.27. The van der Waals surface area contributed by atoms with Crippen LogP contribution >= 0.6 is 15.9 Å². The quantitative estimate of drug-likeness (QED) is 0.598. The molecule has 0 bridgehead atoms. The summed E-state index contributed by atoms with van der Waals surface area (Å²) in [5.74, 6) is 0.145. The summed E-state index contributed by atoms with van der Waals surface area (Å²) in [7, 11) is -3.76. The highest BCUT2D eigenvalue weighted by Crippen LogP contribution is 2.20. The number of aliphatic imine (C=N–C) groups is 1. The summed E-state index contributed by atoms with van der Waals surface area (Å²) in [6.07, 6.45) is 6.67. The van der Waals surface area contributed by atoms with Crippen molar-refractivity contribution in [2.75, 3.05) is 11.9 Å². The standard InChI is InChI=1S/C22H24BrN3O3S/c1-16-9-10-17(20(23)14-16)11-12-22(27)25-18-6-5-7-19(15-18)30(28,29)26-21-8-3-2-4-13-24-21/h5-7,9-12,14-15H,2-4,8,13H2,1H3,(H,24,26)(H,25,27)/b12-11+. The summed E-state index contributed by atoms with van der Waals surface area (Å²) in [5.41, 5.74) is 2.39. The molecule has 0 saturated carbocycles. The highest BCUT2D eigenvalue weighted by Gasteiger charge is 2.17. The monoisotopic (exact) mass is 489 g/mol. The van der Waals surface area contributed by atoms with Gasteiger partial charge in [0.15, 0.2) is 0 Å². The number of amides is 1. The summed E-state index contributed by atoms with van der Waals surface area (Å²) in [4.78, 5) is 16.7. The van der Waals surface area contributed by atoms with Crippen LogP contribution in [0.4, 0.5) is 5.69 Å². The number of sulfonamides is 1. The Balaban J connectivity index is 1.69. The van der Waals surface area contributed by atoms with E-state index in [0.717, 1.165) is 34.9 Å². The van der Waals surface area contributed by atoms with Crippen molar-refractivity contribution in [2.45, 2.75) is 37.5 Å². The topological polar surface area (TPSA) is 87.6 Å². The van der Waals surface area contributed by atoms with Crippen LogP contribution in [0.1, 0.15) is 36.8 Å². The first-order valence-corrected chi connectivity index (χ1v) is 12.0. The molecular formula is C22H24BrN3O3S. The second-order valence-corrected chi connectivity index (χ2v) is 9.66. The van der Waals surface area contributed by atoms with Gasteiger partial charge in [-0.05, 0) is 61.2 Å². The molecule has 1 amide bonds. The molecule has 0 saturated heterocycles. The van der Waals surface area contributed by atoms with Gasteiger partial charge in [-0.1, -0.05) is 40.5 Å². The van der Waals surface area contributed by atoms with Gasteiger partial charge in [0.1, 0.15) is 5.84 Å². The molecule has 2 aromatic rings. The lowest BCUT2D eigenvalue weighted by Gasteiger charge is -2.11. The number of carbonyl (C=O) groups excluding carboxylic acids is 1. The van der Waals surface area contributed by atoms with Gasteiger partial charge in [-0.2, -0.15) is 0 Å². The number of aryl methyl sites for hydroxylation is 1. The molecule has 8 heteroatoms. The van der Waals surface area contributed by atoms with E-state index in [1.807, 2.05) is 25.1 Å². The number of carbonyl (C=O) groups is 1. The number of benzene rings is 2. The summed E-state index contributed by atoms with van der Waals surface area (Å²) in [6, 6.07) is 12.0. The number of amidine groups is 1. The van der Waals surface area contributed by atoms with E-state index in [1.165, 1.54) is 18.2 Å². The van der Waals surface area contributed by atoms with Gasteiger partial charge in [0.2, 0.25) is 5.91 Å². The number of nitrogens with zero attached hydrogens (tertiary/aromatic N) is 1. The SMILES string of the molecule is Cc1ccc(/C=C/C(=O)Nc2cccc(S(=O)(=O)NC3=NCCCCC3)c2)c(Br)c1. The average molecular weight is 490 g/mol. The van der Waals surface area contributed by atoms with Crippen molar-refractivity contribution in [3.63, 3.8) is 0 Å². The van der Waals surface area contributed by atoms with Crippen LogP contribution in [0, 0.1) is 6.92 Å². The van der Waals surface area contributed by atoms with E-state index < -0.39 is 10.0 Å². The first kappa shape index (κ1) is 22.2. The fourth-order valence-electron chi connectivity index (χ4n) is 3.03. The molecule has 2 N–H and O–H groups in total. The van der Waals surface area contributed by atoms with Crippen LogP contribution < -0.4 is 10.0 Å². The van der Waals surface area contributed by atoms with E-state index in [4.69, 9.17) is 0 Å². The zero-order chi connectivity index (χ0) is 21.6. The molecule has 0 spiro atoms. The maximum atomic E-state index is 12.7. The summed E-state index contributed by atoms with van der Waals surface area (Å²) >= 11 is 3.47. The van der Waals surface area contributed by atoms with Gasteiger partial charge in [-0.25, -0.2) is 8.42 Å². The second-order valence-electron chi connectivity index (χ2n) is 7.12. The van der Waals surface area contributed by atoms with Crippen LogP contribution in [0.25, 0.3) is 6.08 Å². The zero-order valence-corrected chi connectivity index (χ0v) is 19.1. The third-order valence-electron chi connectivity index (χ3n) is 4.61. The molecule has 158 valence electrons. The Labute approximate surface area is 185 Å². The van der Waals surface area contributed by atoms with E-state index in [9.17, 15) is 13.2 Å². The second kappa shape index (κ2) is 10.0. The molecule has 0 radical (unpaired) electrons. The van der Waals surface area contributed by atoms with Gasteiger partial charge in [-0.15, -0.1) is 0 Å². The Morgan fingerprint density at radius 2 is 1.97 bits per heavy atom. The lowest BCUT2D eigenvalue weighted by atomic mass is 10.1. The lowest BCUT2D eigenvalue weighted by Crippen LogP contribution is -2.30. The van der Waals surface area contributed by atoms with Gasteiger partial charge in [0, 0.05) is 29.2 Å². The number of rotatable bonds is 5. The predicted octanol–water partition coefficient (Wildman–Crippen LogP) is 4.66. The summed E-state index contributed by atoms with van der Waals surface area (Å²) in [6.45, 7) is 2.63. The highest BCUT2D eigenvalue weighted by atomic mass is 79.9. The molecule has 1 heterocycles. The van der Waals surface area contributed by atoms with Crippen molar-refractivity contribution in [1.29, 1.82) is 0 Å². The lowest BCUT2D eigenvalue weighted by molar-refractivity contribution is -0.111. The average Bonchev–Trinajstić information content (AvgIpc) is 2.96. The summed E-state index contributed by atoms with van der Waals surface area (Å²) < 4.78 is 28.9. The Morgan fingerprint density at radius 1 is 1.13 bits per heavy atom. The highest BCUT2D eigenvalue weighted by molar-refractivity contribution is 9.10. The molecule has 30 heavy (non-hydrogen) atoms. The van der Waals surface area contributed by atoms with Crippen molar-refractivity contribution >= 4 is 49.5 Å². The zero-order valence-electron chi connectivity index (χ0n) is 16.7. The van der Waals surface area contributed by atoms with Crippen LogP contribution in [-0.4, -0.2) is 26.7 Å². The number of hydrogen-bond acceptors (Lipinski definition) is 4. The van der Waals surface area contributed by atoms with Crippen LogP contribution in [0.2, 0.25) is 0 Å². The molecule has 0 aromatic heterocycles. The fourth-order valence-corrected chi connectivity index (χ4v) is 4.79. The molecule has 0 aliphatic carbocycles. The molecule has 1 aliphatic rings. The summed E-state index contributed by atoms with van der Waals surface area (Å²) in [5, 5.41) is 2.71. The minimum Gasteiger partial charge on any atom is -0.322 e. The predicted molar refractivity (Wildman–Crippen MR) is 124 cm³/mol. The van der Waals surface area contributed by atoms with Crippen LogP contribution in [-0.2, 0) is 14.8 Å². The van der Waals surface area contributed by atoms with Crippen molar-refractivity contribution < 1.29 is 13.2 Å². The molecule has 3 rings (SSSR count). The molecule has 0 unspecified atom stereocenters. The Hall–Kier alpha value is -2.45. The smallest absolute Gasteiger partial charge is 0.262 e. The van der Waals surface area contributed by atoms with Crippen molar-refractivity contribution in [2.24, 2.45) is 4.99 Å². The molecule has 1 aliphatic heterocycles. The van der Waals surface area contributed by atoms with Crippen molar-refractivity contribution in [3.8, 4) is 0 Å². The van der Waals surface area contributed by atoms with E-state index in [1.54, 1.807) is 18.2 Å². The minimum atomic E-state index is -3.76. The van der Waals surface area contributed by atoms with Crippen molar-refractivity contribution in [1.82, 2.24) is 4.72 Å². The van der Waals surface area contributed by atoms with E-state index >= 15 is 0 Å². The van der Waals surface area contributed by atoms with Crippen LogP contribution in [0.15, 0.2) is 62.9 Å². The normalized spacial score (nSPS) is 14.8. The van der Waals surface area contributed by atoms with Gasteiger partial charge >= 0.3 is 0 Å². The Morgan fingerprint density at radius 3 is 2.77 bits per heavy atom. The maximum Gasteiger partial charge on any atom is 0.262 e. The Kier molecular flexibility index (Phi) is 7.44. The maximum absolute atomic E-state index is 12.7. The Bertz CT molecular complexity index is 1090. The van der Waals surface area contributed by atoms with Crippen molar-refractivity contribution in [3.05, 3.63) is 64.1 Å². The van der Waals surface area contributed by atoms with E-state index in [0.29, 0.717) is 24.5 Å². The van der Waals surface area contributed by atoms with Gasteiger partial charge in [0.05, 0.1) is 4.90 Å². The van der Waals surface area contributed by atoms with Gasteiger partial charge in [-0.3, -0.25) is 14.5 Å². The molecule has 0 fully saturated rings. The third-order valence-corrected chi connectivity index (χ3v) is 6.67. The molecule has 6 nitrogen and oxygen atoms in total. The largest absolute Gasteiger partial charge is 0.322 e. The number of nitrogens with one attached hydrogen (secondary N) is 2. The van der Waals surface area contributed by atoms with Crippen LogP contribution in [0.5, 0.6) is 0 Å². The molecule has 2 aromatic carbocycles. The fraction of sp³-hybridized carbons (Fsp3) is 0.273.